The number of hydrogen-bond acceptors (Lipinski definition) is 4. The summed E-state index contributed by atoms with van der Waals surface area (Å²) in [6.07, 6.45) is 0. The summed E-state index contributed by atoms with van der Waals surface area (Å²) in [5, 5.41) is 29.8. The maximum absolute atomic E-state index is 9.35. The van der Waals surface area contributed by atoms with Crippen LogP contribution in [0.1, 0.15) is 0 Å². The van der Waals surface area contributed by atoms with Gasteiger partial charge in [-0.1, -0.05) is 0 Å². The van der Waals surface area contributed by atoms with E-state index in [9.17, 15) is 5.11 Å². The van der Waals surface area contributed by atoms with Crippen molar-refractivity contribution in [3.05, 3.63) is 22.0 Å². The van der Waals surface area contributed by atoms with E-state index in [2.05, 4.69) is 15.9 Å². The minimum Gasteiger partial charge on any atom is -0.508 e. The number of hydrogen-bond donors (Lipinski definition) is 3. The molecule has 0 saturated carbocycles. The second kappa shape index (κ2) is 3.54. The predicted molar refractivity (Wildman–Crippen MR) is 61.0 cm³/mol. The fourth-order valence-electron chi connectivity index (χ4n) is 1.30. The van der Waals surface area contributed by atoms with Crippen molar-refractivity contribution in [2.75, 3.05) is 0 Å². The van der Waals surface area contributed by atoms with Gasteiger partial charge in [0.15, 0.2) is 0 Å². The minimum absolute atomic E-state index is 0.102. The molecule has 0 aliphatic rings. The number of fused-ring (bicyclic) bond motifs is 1. The number of phenols is 1. The molecule has 0 radical (unpaired) electrons. The summed E-state index contributed by atoms with van der Waals surface area (Å²) in [6, 6.07) is 3.09. The van der Waals surface area contributed by atoms with Crippen molar-refractivity contribution in [3.63, 3.8) is 0 Å². The molecule has 0 aliphatic carbocycles. The van der Waals surface area contributed by atoms with Gasteiger partial charge in [0.2, 0.25) is 0 Å². The van der Waals surface area contributed by atoms with Crippen LogP contribution in [-0.2, 0) is 0 Å². The van der Waals surface area contributed by atoms with E-state index in [1.54, 1.807) is 11.4 Å². The molecule has 0 bridgehead atoms. The summed E-state index contributed by atoms with van der Waals surface area (Å²) < 4.78 is 1.65. The fraction of sp³-hybridized carbons (Fsp3) is 0. The lowest BCUT2D eigenvalue weighted by molar-refractivity contribution is 0.426. The van der Waals surface area contributed by atoms with Gasteiger partial charge in [0, 0.05) is 14.6 Å². The molecule has 3 nitrogen and oxygen atoms in total. The van der Waals surface area contributed by atoms with E-state index in [1.165, 1.54) is 17.4 Å². The molecule has 14 heavy (non-hydrogen) atoms. The highest BCUT2D eigenvalue weighted by Crippen LogP contribution is 2.31. The topological polar surface area (TPSA) is 60.7 Å². The smallest absolute Gasteiger partial charge is 0.489 e. The average Bonchev–Trinajstić information content (AvgIpc) is 2.47. The highest BCUT2D eigenvalue weighted by molar-refractivity contribution is 9.10. The zero-order valence-corrected chi connectivity index (χ0v) is 9.34. The summed E-state index contributed by atoms with van der Waals surface area (Å²) >= 11 is 4.70. The van der Waals surface area contributed by atoms with E-state index in [-0.39, 0.29) is 5.75 Å². The Hall–Kier alpha value is -0.555. The molecule has 6 heteroatoms. The first-order valence-electron chi connectivity index (χ1n) is 3.85. The van der Waals surface area contributed by atoms with E-state index >= 15 is 0 Å². The Labute approximate surface area is 92.9 Å². The third-order valence-corrected chi connectivity index (χ3v) is 3.86. The van der Waals surface area contributed by atoms with Crippen LogP contribution < -0.4 is 5.46 Å². The van der Waals surface area contributed by atoms with Gasteiger partial charge in [-0.3, -0.25) is 0 Å². The number of halogens is 1. The molecule has 1 heterocycles. The van der Waals surface area contributed by atoms with Gasteiger partial charge in [0.25, 0.3) is 0 Å². The standard InChI is InChI=1S/C8H6BBrO3S/c10-7-2-4(11)1-5-6(9(12)13)3-14-8(5)7/h1-3,11-13H. The third kappa shape index (κ3) is 1.54. The van der Waals surface area contributed by atoms with Gasteiger partial charge in [-0.15, -0.1) is 11.3 Å². The van der Waals surface area contributed by atoms with Gasteiger partial charge < -0.3 is 15.2 Å². The summed E-state index contributed by atoms with van der Waals surface area (Å²) in [6.45, 7) is 0. The summed E-state index contributed by atoms with van der Waals surface area (Å²) in [5.41, 5.74) is 0.418. The maximum Gasteiger partial charge on any atom is 0.489 e. The Morgan fingerprint density at radius 2 is 2.00 bits per heavy atom. The maximum atomic E-state index is 9.35. The number of phenolic OH excluding ortho intramolecular Hbond substituents is 1. The quantitative estimate of drug-likeness (QED) is 0.680. The molecule has 0 saturated heterocycles. The van der Waals surface area contributed by atoms with Gasteiger partial charge in [-0.25, -0.2) is 0 Å². The second-order valence-electron chi connectivity index (χ2n) is 2.87. The van der Waals surface area contributed by atoms with E-state index in [0.717, 1.165) is 9.17 Å². The van der Waals surface area contributed by atoms with Crippen LogP contribution in [0, 0.1) is 0 Å². The predicted octanol–water partition coefficient (Wildman–Crippen LogP) is 1.05. The largest absolute Gasteiger partial charge is 0.508 e. The SMILES string of the molecule is OB(O)c1csc2c(Br)cc(O)cc12. The van der Waals surface area contributed by atoms with Gasteiger partial charge >= 0.3 is 7.12 Å². The minimum atomic E-state index is -1.50. The molecule has 72 valence electrons. The van der Waals surface area contributed by atoms with Crippen molar-refractivity contribution in [1.82, 2.24) is 0 Å². The molecule has 0 amide bonds. The van der Waals surface area contributed by atoms with E-state index in [0.29, 0.717) is 10.8 Å². The number of thiophene rings is 1. The Balaban J connectivity index is 2.78. The van der Waals surface area contributed by atoms with Crippen molar-refractivity contribution >= 4 is 49.9 Å². The molecule has 0 unspecified atom stereocenters. The van der Waals surface area contributed by atoms with Crippen LogP contribution in [0.3, 0.4) is 0 Å². The molecule has 1 aromatic heterocycles. The Kier molecular flexibility index (Phi) is 2.53. The molecular formula is C8H6BBrO3S. The molecule has 2 aromatic rings. The van der Waals surface area contributed by atoms with Crippen LogP contribution in [0.25, 0.3) is 10.1 Å². The van der Waals surface area contributed by atoms with Crippen LogP contribution in [0.15, 0.2) is 22.0 Å². The van der Waals surface area contributed by atoms with Crippen molar-refractivity contribution in [1.29, 1.82) is 0 Å². The lowest BCUT2D eigenvalue weighted by atomic mass is 9.80. The molecular weight excluding hydrogens is 267 g/mol. The van der Waals surface area contributed by atoms with Crippen LogP contribution in [-0.4, -0.2) is 22.3 Å². The molecule has 3 N–H and O–H groups in total. The van der Waals surface area contributed by atoms with Gasteiger partial charge in [-0.05, 0) is 38.8 Å². The number of benzene rings is 1. The van der Waals surface area contributed by atoms with Crippen molar-refractivity contribution in [2.45, 2.75) is 0 Å². The first-order valence-corrected chi connectivity index (χ1v) is 5.52. The van der Waals surface area contributed by atoms with Gasteiger partial charge in [0.05, 0.1) is 0 Å². The summed E-state index contributed by atoms with van der Waals surface area (Å²) in [7, 11) is -1.50. The normalized spacial score (nSPS) is 10.8. The van der Waals surface area contributed by atoms with E-state index in [4.69, 9.17) is 10.0 Å². The summed E-state index contributed by atoms with van der Waals surface area (Å²) in [5.74, 6) is 0.102. The Morgan fingerprint density at radius 3 is 2.64 bits per heavy atom. The monoisotopic (exact) mass is 272 g/mol. The number of aromatic hydroxyl groups is 1. The van der Waals surface area contributed by atoms with Gasteiger partial charge in [-0.2, -0.15) is 0 Å². The van der Waals surface area contributed by atoms with E-state index < -0.39 is 7.12 Å². The third-order valence-electron chi connectivity index (χ3n) is 1.92. The van der Waals surface area contributed by atoms with Crippen molar-refractivity contribution in [3.8, 4) is 5.75 Å². The van der Waals surface area contributed by atoms with Crippen LogP contribution in [0.4, 0.5) is 0 Å². The average molecular weight is 273 g/mol. The zero-order valence-electron chi connectivity index (χ0n) is 6.94. The van der Waals surface area contributed by atoms with Crippen LogP contribution in [0.5, 0.6) is 5.75 Å². The lowest BCUT2D eigenvalue weighted by Gasteiger charge is -1.99. The molecule has 0 aliphatic heterocycles. The Bertz CT molecular complexity index is 483. The molecule has 0 spiro atoms. The first kappa shape index (κ1) is 9.98. The zero-order chi connectivity index (χ0) is 10.3. The van der Waals surface area contributed by atoms with Crippen molar-refractivity contribution < 1.29 is 15.2 Å². The Morgan fingerprint density at radius 1 is 1.29 bits per heavy atom. The summed E-state index contributed by atoms with van der Waals surface area (Å²) in [4.78, 5) is 0. The second-order valence-corrected chi connectivity index (χ2v) is 4.60. The molecule has 0 atom stereocenters. The van der Waals surface area contributed by atoms with Crippen LogP contribution in [0.2, 0.25) is 0 Å². The number of rotatable bonds is 1. The van der Waals surface area contributed by atoms with E-state index in [1.807, 2.05) is 0 Å². The first-order chi connectivity index (χ1) is 6.59. The van der Waals surface area contributed by atoms with Crippen molar-refractivity contribution in [2.24, 2.45) is 0 Å². The molecule has 2 rings (SSSR count). The highest BCUT2D eigenvalue weighted by atomic mass is 79.9. The van der Waals surface area contributed by atoms with Gasteiger partial charge in [0.1, 0.15) is 5.75 Å². The molecule has 0 fully saturated rings. The lowest BCUT2D eigenvalue weighted by Crippen LogP contribution is -2.28. The fourth-order valence-corrected chi connectivity index (χ4v) is 3.00. The molecule has 1 aromatic carbocycles. The highest BCUT2D eigenvalue weighted by Gasteiger charge is 2.18. The van der Waals surface area contributed by atoms with Crippen LogP contribution >= 0.6 is 27.3 Å².